The van der Waals surface area contributed by atoms with Gasteiger partial charge in [-0.15, -0.1) is 0 Å². The second-order valence-corrected chi connectivity index (χ2v) is 5.25. The molecule has 0 aromatic carbocycles. The van der Waals surface area contributed by atoms with Gasteiger partial charge in [0.05, 0.1) is 22.5 Å². The van der Waals surface area contributed by atoms with Crippen LogP contribution in [0.15, 0.2) is 30.6 Å². The number of nitrogens with zero attached hydrogens (tertiary/aromatic N) is 3. The van der Waals surface area contributed by atoms with Gasteiger partial charge in [-0.1, -0.05) is 18.5 Å². The highest BCUT2D eigenvalue weighted by atomic mass is 35.5. The number of nitrogens with two attached hydrogens (primary N) is 1. The van der Waals surface area contributed by atoms with Gasteiger partial charge in [-0.2, -0.15) is 5.10 Å². The average Bonchev–Trinajstić information content (AvgIpc) is 2.93. The summed E-state index contributed by atoms with van der Waals surface area (Å²) >= 11 is 6.16. The van der Waals surface area contributed by atoms with E-state index in [-0.39, 0.29) is 6.04 Å². The SMILES string of the molecule is CCC(C)n1ccc(CC(NN)c2ncccc2Cl)n1. The molecule has 0 aliphatic heterocycles. The van der Waals surface area contributed by atoms with Crippen LogP contribution in [-0.4, -0.2) is 14.8 Å². The van der Waals surface area contributed by atoms with Crippen LogP contribution in [0.1, 0.15) is 43.7 Å². The number of aromatic nitrogens is 3. The standard InChI is InChI=1S/C14H20ClN5/c1-3-10(2)20-8-6-11(19-20)9-13(18-16)14-12(15)5-4-7-17-14/h4-8,10,13,18H,3,9,16H2,1-2H3. The largest absolute Gasteiger partial charge is 0.271 e. The lowest BCUT2D eigenvalue weighted by Crippen LogP contribution is -2.30. The fourth-order valence-corrected chi connectivity index (χ4v) is 2.27. The Morgan fingerprint density at radius 1 is 1.45 bits per heavy atom. The van der Waals surface area contributed by atoms with E-state index in [4.69, 9.17) is 17.4 Å². The first-order valence-corrected chi connectivity index (χ1v) is 7.14. The normalized spacial score (nSPS) is 14.2. The summed E-state index contributed by atoms with van der Waals surface area (Å²) in [5.74, 6) is 5.63. The Kier molecular flexibility index (Phi) is 5.11. The Labute approximate surface area is 124 Å². The van der Waals surface area contributed by atoms with Gasteiger partial charge >= 0.3 is 0 Å². The van der Waals surface area contributed by atoms with Crippen molar-refractivity contribution in [3.8, 4) is 0 Å². The van der Waals surface area contributed by atoms with E-state index in [0.717, 1.165) is 17.8 Å². The molecule has 0 radical (unpaired) electrons. The predicted molar refractivity (Wildman–Crippen MR) is 80.2 cm³/mol. The molecule has 2 aromatic heterocycles. The van der Waals surface area contributed by atoms with Crippen LogP contribution in [-0.2, 0) is 6.42 Å². The second kappa shape index (κ2) is 6.83. The lowest BCUT2D eigenvalue weighted by Gasteiger charge is -2.15. The summed E-state index contributed by atoms with van der Waals surface area (Å²) in [6, 6.07) is 5.87. The highest BCUT2D eigenvalue weighted by molar-refractivity contribution is 6.31. The minimum Gasteiger partial charge on any atom is -0.271 e. The van der Waals surface area contributed by atoms with Crippen LogP contribution in [0.3, 0.4) is 0 Å². The lowest BCUT2D eigenvalue weighted by molar-refractivity contribution is 0.466. The van der Waals surface area contributed by atoms with E-state index in [9.17, 15) is 0 Å². The minimum absolute atomic E-state index is 0.149. The summed E-state index contributed by atoms with van der Waals surface area (Å²) < 4.78 is 1.98. The summed E-state index contributed by atoms with van der Waals surface area (Å²) in [5.41, 5.74) is 4.48. The smallest absolute Gasteiger partial charge is 0.0776 e. The molecule has 108 valence electrons. The Balaban J connectivity index is 2.15. The topological polar surface area (TPSA) is 68.8 Å². The fraction of sp³-hybridized carbons (Fsp3) is 0.429. The Morgan fingerprint density at radius 2 is 2.25 bits per heavy atom. The molecule has 0 bridgehead atoms. The maximum absolute atomic E-state index is 6.16. The van der Waals surface area contributed by atoms with Crippen molar-refractivity contribution in [2.24, 2.45) is 5.84 Å². The van der Waals surface area contributed by atoms with Crippen molar-refractivity contribution >= 4 is 11.6 Å². The maximum atomic E-state index is 6.16. The number of hydrazine groups is 1. The van der Waals surface area contributed by atoms with Gasteiger partial charge < -0.3 is 0 Å². The van der Waals surface area contributed by atoms with Gasteiger partial charge in [0.2, 0.25) is 0 Å². The number of halogens is 1. The van der Waals surface area contributed by atoms with Crippen molar-refractivity contribution in [2.75, 3.05) is 0 Å². The van der Waals surface area contributed by atoms with E-state index in [0.29, 0.717) is 17.5 Å². The van der Waals surface area contributed by atoms with Gasteiger partial charge in [0.25, 0.3) is 0 Å². The summed E-state index contributed by atoms with van der Waals surface area (Å²) in [5, 5.41) is 5.18. The van der Waals surface area contributed by atoms with E-state index >= 15 is 0 Å². The van der Waals surface area contributed by atoms with Gasteiger partial charge in [0.1, 0.15) is 0 Å². The van der Waals surface area contributed by atoms with Crippen molar-refractivity contribution in [3.63, 3.8) is 0 Å². The quantitative estimate of drug-likeness (QED) is 0.634. The average molecular weight is 294 g/mol. The number of pyridine rings is 1. The van der Waals surface area contributed by atoms with Crippen LogP contribution >= 0.6 is 11.6 Å². The Morgan fingerprint density at radius 3 is 2.90 bits per heavy atom. The van der Waals surface area contributed by atoms with Crippen molar-refractivity contribution in [1.29, 1.82) is 0 Å². The monoisotopic (exact) mass is 293 g/mol. The third-order valence-electron chi connectivity index (χ3n) is 3.44. The first-order valence-electron chi connectivity index (χ1n) is 6.76. The number of nitrogens with one attached hydrogen (secondary N) is 1. The number of hydrogen-bond acceptors (Lipinski definition) is 4. The van der Waals surface area contributed by atoms with Crippen molar-refractivity contribution in [3.05, 3.63) is 47.0 Å². The van der Waals surface area contributed by atoms with Gasteiger partial charge in [-0.25, -0.2) is 0 Å². The number of hydrogen-bond donors (Lipinski definition) is 2. The van der Waals surface area contributed by atoms with Gasteiger partial charge in [-0.05, 0) is 31.5 Å². The van der Waals surface area contributed by atoms with Crippen molar-refractivity contribution < 1.29 is 0 Å². The molecule has 2 aromatic rings. The van der Waals surface area contributed by atoms with Crippen molar-refractivity contribution in [2.45, 2.75) is 38.8 Å². The van der Waals surface area contributed by atoms with Gasteiger partial charge in [0, 0.05) is 24.9 Å². The predicted octanol–water partition coefficient (Wildman–Crippen LogP) is 2.65. The summed E-state index contributed by atoms with van der Waals surface area (Å²) in [4.78, 5) is 4.29. The molecular formula is C14H20ClN5. The first-order chi connectivity index (χ1) is 9.65. The third kappa shape index (κ3) is 3.36. The maximum Gasteiger partial charge on any atom is 0.0776 e. The molecule has 5 nitrogen and oxygen atoms in total. The van der Waals surface area contributed by atoms with E-state index in [1.54, 1.807) is 12.3 Å². The van der Waals surface area contributed by atoms with Crippen LogP contribution < -0.4 is 11.3 Å². The molecule has 0 aliphatic rings. The zero-order valence-corrected chi connectivity index (χ0v) is 12.5. The minimum atomic E-state index is -0.149. The fourth-order valence-electron chi connectivity index (χ4n) is 2.02. The molecule has 3 N–H and O–H groups in total. The second-order valence-electron chi connectivity index (χ2n) is 4.84. The van der Waals surface area contributed by atoms with Gasteiger partial charge in [0.15, 0.2) is 0 Å². The van der Waals surface area contributed by atoms with Crippen LogP contribution in [0, 0.1) is 0 Å². The Bertz CT molecular complexity index is 554. The summed E-state index contributed by atoms with van der Waals surface area (Å²) in [6.07, 6.45) is 5.41. The van der Waals surface area contributed by atoms with E-state index in [2.05, 4.69) is 29.4 Å². The van der Waals surface area contributed by atoms with Crippen LogP contribution in [0.25, 0.3) is 0 Å². The zero-order chi connectivity index (χ0) is 14.5. The highest BCUT2D eigenvalue weighted by Crippen LogP contribution is 2.22. The van der Waals surface area contributed by atoms with Crippen LogP contribution in [0.2, 0.25) is 5.02 Å². The lowest BCUT2D eigenvalue weighted by atomic mass is 10.1. The molecule has 0 spiro atoms. The number of rotatable bonds is 6. The molecule has 0 saturated carbocycles. The molecule has 2 unspecified atom stereocenters. The van der Waals surface area contributed by atoms with E-state index in [1.165, 1.54) is 0 Å². The molecule has 0 saturated heterocycles. The van der Waals surface area contributed by atoms with Crippen LogP contribution in [0.4, 0.5) is 0 Å². The Hall–Kier alpha value is -1.43. The van der Waals surface area contributed by atoms with Gasteiger partial charge in [-0.3, -0.25) is 20.9 Å². The van der Waals surface area contributed by atoms with E-state index < -0.39 is 0 Å². The molecule has 0 fully saturated rings. The molecule has 2 rings (SSSR count). The third-order valence-corrected chi connectivity index (χ3v) is 3.76. The van der Waals surface area contributed by atoms with E-state index in [1.807, 2.05) is 23.0 Å². The highest BCUT2D eigenvalue weighted by Gasteiger charge is 2.17. The molecule has 0 amide bonds. The molecule has 20 heavy (non-hydrogen) atoms. The molecule has 2 atom stereocenters. The molecule has 6 heteroatoms. The first kappa shape index (κ1) is 15.0. The summed E-state index contributed by atoms with van der Waals surface area (Å²) in [6.45, 7) is 4.29. The molecule has 2 heterocycles. The molecular weight excluding hydrogens is 274 g/mol. The van der Waals surface area contributed by atoms with Crippen LogP contribution in [0.5, 0.6) is 0 Å². The van der Waals surface area contributed by atoms with Crippen molar-refractivity contribution in [1.82, 2.24) is 20.2 Å². The zero-order valence-electron chi connectivity index (χ0n) is 11.8. The summed E-state index contributed by atoms with van der Waals surface area (Å²) in [7, 11) is 0. The molecule has 0 aliphatic carbocycles.